The minimum atomic E-state index is -3.18. The van der Waals surface area contributed by atoms with Crippen molar-refractivity contribution in [2.24, 2.45) is 0 Å². The largest absolute Gasteiger partial charge is 0.244 e. The fraction of sp³-hybridized carbons (Fsp3) is 0.583. The van der Waals surface area contributed by atoms with Gasteiger partial charge in [0.05, 0.1) is 5.75 Å². The highest BCUT2D eigenvalue weighted by atomic mass is 32.2. The third-order valence-corrected chi connectivity index (χ3v) is 4.22. The number of hydrogen-bond donors (Lipinski definition) is 0. The molecule has 0 fully saturated rings. The quantitative estimate of drug-likeness (QED) is 0.817. The van der Waals surface area contributed by atoms with E-state index in [1.54, 1.807) is 12.3 Å². The summed E-state index contributed by atoms with van der Waals surface area (Å²) in [6.07, 6.45) is 2.27. The van der Waals surface area contributed by atoms with Gasteiger partial charge in [-0.15, -0.1) is 0 Å². The Morgan fingerprint density at radius 3 is 2.25 bits per heavy atom. The lowest BCUT2D eigenvalue weighted by Gasteiger charge is -2.18. The van der Waals surface area contributed by atoms with Crippen molar-refractivity contribution < 1.29 is 8.42 Å². The Balaban J connectivity index is 3.05. The summed E-state index contributed by atoms with van der Waals surface area (Å²) in [5.74, 6) is 0.162. The van der Waals surface area contributed by atoms with Crippen LogP contribution in [-0.2, 0) is 15.3 Å². The Labute approximate surface area is 97.8 Å². The van der Waals surface area contributed by atoms with Crippen LogP contribution in [0, 0.1) is 0 Å². The second-order valence-electron chi connectivity index (χ2n) is 4.95. The molecule has 4 heteroatoms. The highest BCUT2D eigenvalue weighted by Gasteiger charge is 2.18. The number of hydrogen-bond acceptors (Lipinski definition) is 3. The molecule has 1 aromatic rings. The molecule has 1 aromatic heterocycles. The summed E-state index contributed by atoms with van der Waals surface area (Å²) in [5, 5.41) is 0.183. The van der Waals surface area contributed by atoms with Crippen molar-refractivity contribution in [3.63, 3.8) is 0 Å². The average molecular weight is 241 g/mol. The lowest BCUT2D eigenvalue weighted by atomic mass is 9.88. The van der Waals surface area contributed by atoms with E-state index in [0.29, 0.717) is 6.42 Å². The van der Waals surface area contributed by atoms with Gasteiger partial charge in [-0.1, -0.05) is 33.8 Å². The van der Waals surface area contributed by atoms with E-state index in [1.807, 2.05) is 13.0 Å². The van der Waals surface area contributed by atoms with Crippen LogP contribution in [0.5, 0.6) is 0 Å². The van der Waals surface area contributed by atoms with Gasteiger partial charge in [0.15, 0.2) is 14.9 Å². The number of nitrogens with zero attached hydrogens (tertiary/aromatic N) is 1. The molecule has 1 rings (SSSR count). The highest BCUT2D eigenvalue weighted by Crippen LogP contribution is 2.22. The first kappa shape index (κ1) is 13.2. The molecule has 90 valence electrons. The van der Waals surface area contributed by atoms with Crippen LogP contribution in [0.1, 0.15) is 39.7 Å². The molecule has 0 saturated heterocycles. The van der Waals surface area contributed by atoms with Gasteiger partial charge in [0.2, 0.25) is 0 Å². The second-order valence-corrected chi connectivity index (χ2v) is 7.01. The van der Waals surface area contributed by atoms with Gasteiger partial charge >= 0.3 is 0 Å². The fourth-order valence-corrected chi connectivity index (χ4v) is 2.62. The summed E-state index contributed by atoms with van der Waals surface area (Å²) >= 11 is 0. The smallest absolute Gasteiger partial charge is 0.195 e. The predicted octanol–water partition coefficient (Wildman–Crippen LogP) is 2.56. The lowest BCUT2D eigenvalue weighted by molar-refractivity contribution is 0.579. The summed E-state index contributed by atoms with van der Waals surface area (Å²) < 4.78 is 23.5. The minimum absolute atomic E-state index is 0.0000478. The number of aromatic nitrogens is 1. The average Bonchev–Trinajstić information content (AvgIpc) is 2.16. The summed E-state index contributed by atoms with van der Waals surface area (Å²) in [5.41, 5.74) is 1.04. The topological polar surface area (TPSA) is 47.0 Å². The van der Waals surface area contributed by atoms with E-state index in [9.17, 15) is 8.42 Å². The highest BCUT2D eigenvalue weighted by molar-refractivity contribution is 7.91. The first-order valence-electron chi connectivity index (χ1n) is 5.46. The van der Waals surface area contributed by atoms with Crippen molar-refractivity contribution in [3.8, 4) is 0 Å². The van der Waals surface area contributed by atoms with Gasteiger partial charge in [0.25, 0.3) is 0 Å². The van der Waals surface area contributed by atoms with Crippen molar-refractivity contribution >= 4 is 9.84 Å². The Morgan fingerprint density at radius 1 is 1.25 bits per heavy atom. The predicted molar refractivity (Wildman–Crippen MR) is 65.3 cm³/mol. The zero-order valence-electron chi connectivity index (χ0n) is 10.3. The second kappa shape index (κ2) is 4.53. The van der Waals surface area contributed by atoms with Crippen molar-refractivity contribution in [3.05, 3.63) is 23.9 Å². The molecule has 3 nitrogen and oxygen atoms in total. The van der Waals surface area contributed by atoms with Crippen LogP contribution in [0.2, 0.25) is 0 Å². The van der Waals surface area contributed by atoms with E-state index in [2.05, 4.69) is 25.8 Å². The molecule has 0 aliphatic carbocycles. The van der Waals surface area contributed by atoms with E-state index >= 15 is 0 Å². The normalized spacial score (nSPS) is 12.8. The standard InChI is InChI=1S/C12H19NO2S/c1-5-8-16(14,15)11-7-6-10(9-13-11)12(2,3)4/h6-7,9H,5,8H2,1-4H3. The molecular weight excluding hydrogens is 222 g/mol. The van der Waals surface area contributed by atoms with E-state index in [0.717, 1.165) is 5.56 Å². The van der Waals surface area contributed by atoms with E-state index in [1.165, 1.54) is 0 Å². The molecule has 16 heavy (non-hydrogen) atoms. The summed E-state index contributed by atoms with van der Waals surface area (Å²) in [4.78, 5) is 4.05. The number of pyridine rings is 1. The molecule has 0 aliphatic rings. The minimum Gasteiger partial charge on any atom is -0.244 e. The number of sulfone groups is 1. The molecular formula is C12H19NO2S. The molecule has 0 amide bonds. The molecule has 0 saturated carbocycles. The molecule has 0 atom stereocenters. The van der Waals surface area contributed by atoms with Gasteiger partial charge in [-0.05, 0) is 23.5 Å². The molecule has 0 N–H and O–H groups in total. The van der Waals surface area contributed by atoms with Crippen molar-refractivity contribution in [2.45, 2.75) is 44.6 Å². The maximum Gasteiger partial charge on any atom is 0.195 e. The molecule has 1 heterocycles. The molecule has 0 radical (unpaired) electrons. The van der Waals surface area contributed by atoms with Crippen LogP contribution >= 0.6 is 0 Å². The molecule has 0 spiro atoms. The first-order chi connectivity index (χ1) is 7.27. The zero-order chi connectivity index (χ0) is 12.4. The molecule has 0 bridgehead atoms. The molecule has 0 aromatic carbocycles. The van der Waals surface area contributed by atoms with Gasteiger partial charge in [0.1, 0.15) is 0 Å². The van der Waals surface area contributed by atoms with Crippen LogP contribution in [0.4, 0.5) is 0 Å². The van der Waals surface area contributed by atoms with Crippen molar-refractivity contribution in [1.82, 2.24) is 4.98 Å². The summed E-state index contributed by atoms with van der Waals surface area (Å²) in [6.45, 7) is 8.07. The van der Waals surface area contributed by atoms with Gasteiger partial charge in [-0.25, -0.2) is 13.4 Å². The molecule has 0 unspecified atom stereocenters. The maximum absolute atomic E-state index is 11.7. The third kappa shape index (κ3) is 3.04. The lowest BCUT2D eigenvalue weighted by Crippen LogP contribution is -2.13. The monoisotopic (exact) mass is 241 g/mol. The van der Waals surface area contributed by atoms with E-state index in [-0.39, 0.29) is 16.2 Å². The van der Waals surface area contributed by atoms with Crippen LogP contribution in [0.15, 0.2) is 23.4 Å². The van der Waals surface area contributed by atoms with Crippen LogP contribution < -0.4 is 0 Å². The maximum atomic E-state index is 11.7. The van der Waals surface area contributed by atoms with Crippen LogP contribution in [0.25, 0.3) is 0 Å². The van der Waals surface area contributed by atoms with Gasteiger partial charge in [-0.3, -0.25) is 0 Å². The summed E-state index contributed by atoms with van der Waals surface area (Å²) in [6, 6.07) is 3.45. The first-order valence-corrected chi connectivity index (χ1v) is 7.12. The number of rotatable bonds is 3. The Kier molecular flexibility index (Phi) is 3.73. The van der Waals surface area contributed by atoms with Crippen molar-refractivity contribution in [1.29, 1.82) is 0 Å². The Bertz CT molecular complexity index is 441. The van der Waals surface area contributed by atoms with Crippen LogP contribution in [0.3, 0.4) is 0 Å². The Morgan fingerprint density at radius 2 is 1.88 bits per heavy atom. The van der Waals surface area contributed by atoms with Gasteiger partial charge in [-0.2, -0.15) is 0 Å². The summed E-state index contributed by atoms with van der Waals surface area (Å²) in [7, 11) is -3.18. The van der Waals surface area contributed by atoms with Gasteiger partial charge < -0.3 is 0 Å². The molecule has 0 aliphatic heterocycles. The van der Waals surface area contributed by atoms with Crippen molar-refractivity contribution in [2.75, 3.05) is 5.75 Å². The van der Waals surface area contributed by atoms with E-state index in [4.69, 9.17) is 0 Å². The SMILES string of the molecule is CCCS(=O)(=O)c1ccc(C(C)(C)C)cn1. The third-order valence-electron chi connectivity index (χ3n) is 2.39. The fourth-order valence-electron chi connectivity index (χ4n) is 1.38. The zero-order valence-corrected chi connectivity index (χ0v) is 11.1. The van der Waals surface area contributed by atoms with Gasteiger partial charge in [0, 0.05) is 6.20 Å². The van der Waals surface area contributed by atoms with E-state index < -0.39 is 9.84 Å². The Hall–Kier alpha value is -0.900. The van der Waals surface area contributed by atoms with Crippen LogP contribution in [-0.4, -0.2) is 19.2 Å².